The molecule has 0 spiro atoms. The fourth-order valence-corrected chi connectivity index (χ4v) is 4.47. The van der Waals surface area contributed by atoms with E-state index in [0.29, 0.717) is 18.5 Å². The molecule has 0 bridgehead atoms. The summed E-state index contributed by atoms with van der Waals surface area (Å²) >= 11 is 0. The molecule has 5 rings (SSSR count). The van der Waals surface area contributed by atoms with Crippen molar-refractivity contribution in [1.29, 1.82) is 0 Å². The first-order valence-electron chi connectivity index (χ1n) is 11.4. The van der Waals surface area contributed by atoms with Crippen molar-refractivity contribution >= 4 is 28.5 Å². The molecule has 1 aromatic heterocycles. The predicted molar refractivity (Wildman–Crippen MR) is 129 cm³/mol. The van der Waals surface area contributed by atoms with Gasteiger partial charge in [-0.2, -0.15) is 0 Å². The first kappa shape index (κ1) is 20.9. The van der Waals surface area contributed by atoms with E-state index in [9.17, 15) is 9.59 Å². The highest BCUT2D eigenvalue weighted by molar-refractivity contribution is 5.94. The van der Waals surface area contributed by atoms with Crippen LogP contribution in [0.3, 0.4) is 0 Å². The van der Waals surface area contributed by atoms with E-state index < -0.39 is 0 Å². The molecule has 0 aliphatic heterocycles. The van der Waals surface area contributed by atoms with Gasteiger partial charge < -0.3 is 15.2 Å². The number of carbonyl (C=O) groups excluding carboxylic acids is 2. The minimum atomic E-state index is -0.118. The number of fused-ring (bicyclic) bond motifs is 2. The molecular weight excluding hydrogens is 412 g/mol. The molecule has 166 valence electrons. The SMILES string of the molecule is O=C(Cn1c(CCNC(=O)c2ccccc2)nc2ccccc21)Nc1ccc2c(c1)CCC2. The summed E-state index contributed by atoms with van der Waals surface area (Å²) in [6.07, 6.45) is 3.90. The van der Waals surface area contributed by atoms with E-state index >= 15 is 0 Å². The monoisotopic (exact) mass is 438 g/mol. The largest absolute Gasteiger partial charge is 0.352 e. The van der Waals surface area contributed by atoms with Gasteiger partial charge in [0.05, 0.1) is 11.0 Å². The van der Waals surface area contributed by atoms with Crippen LogP contribution in [0.15, 0.2) is 72.8 Å². The fourth-order valence-electron chi connectivity index (χ4n) is 4.47. The van der Waals surface area contributed by atoms with E-state index in [-0.39, 0.29) is 18.4 Å². The summed E-state index contributed by atoms with van der Waals surface area (Å²) in [7, 11) is 0. The van der Waals surface area contributed by atoms with E-state index in [0.717, 1.165) is 35.4 Å². The number of anilines is 1. The number of aryl methyl sites for hydroxylation is 2. The second-order valence-corrected chi connectivity index (χ2v) is 8.36. The second-order valence-electron chi connectivity index (χ2n) is 8.36. The number of nitrogens with one attached hydrogen (secondary N) is 2. The Morgan fingerprint density at radius 3 is 2.58 bits per heavy atom. The maximum absolute atomic E-state index is 12.9. The topological polar surface area (TPSA) is 76.0 Å². The van der Waals surface area contributed by atoms with Gasteiger partial charge in [-0.05, 0) is 66.8 Å². The molecule has 0 fully saturated rings. The molecule has 0 unspecified atom stereocenters. The van der Waals surface area contributed by atoms with Crippen LogP contribution < -0.4 is 10.6 Å². The number of hydrogen-bond donors (Lipinski definition) is 2. The quantitative estimate of drug-likeness (QED) is 0.455. The number of rotatable bonds is 7. The number of para-hydroxylation sites is 2. The zero-order valence-electron chi connectivity index (χ0n) is 18.4. The van der Waals surface area contributed by atoms with Crippen molar-refractivity contribution in [3.63, 3.8) is 0 Å². The molecule has 0 atom stereocenters. The Labute approximate surface area is 192 Å². The highest BCUT2D eigenvalue weighted by Crippen LogP contribution is 2.25. The van der Waals surface area contributed by atoms with Gasteiger partial charge in [0.2, 0.25) is 5.91 Å². The molecule has 0 saturated heterocycles. The van der Waals surface area contributed by atoms with E-state index in [2.05, 4.69) is 22.8 Å². The Kier molecular flexibility index (Phi) is 5.89. The lowest BCUT2D eigenvalue weighted by Crippen LogP contribution is -2.27. The van der Waals surface area contributed by atoms with Crippen molar-refractivity contribution < 1.29 is 9.59 Å². The summed E-state index contributed by atoms with van der Waals surface area (Å²) in [6.45, 7) is 0.600. The smallest absolute Gasteiger partial charge is 0.251 e. The molecule has 4 aromatic rings. The minimum Gasteiger partial charge on any atom is -0.352 e. The normalized spacial score (nSPS) is 12.5. The Morgan fingerprint density at radius 1 is 0.909 bits per heavy atom. The van der Waals surface area contributed by atoms with E-state index in [4.69, 9.17) is 4.98 Å². The molecule has 1 heterocycles. The highest BCUT2D eigenvalue weighted by atomic mass is 16.2. The molecule has 6 heteroatoms. The Bertz CT molecular complexity index is 1310. The van der Waals surface area contributed by atoms with Gasteiger partial charge in [0, 0.05) is 24.2 Å². The standard InChI is InChI=1S/C27H26N4O2/c32-26(29-22-14-13-19-9-6-10-21(19)17-22)18-31-24-12-5-4-11-23(24)30-25(31)15-16-28-27(33)20-7-2-1-3-8-20/h1-5,7-8,11-14,17H,6,9-10,15-16,18H2,(H,28,33)(H,29,32). The Hall–Kier alpha value is -3.93. The van der Waals surface area contributed by atoms with Crippen LogP contribution in [0.25, 0.3) is 11.0 Å². The van der Waals surface area contributed by atoms with Crippen LogP contribution in [0, 0.1) is 0 Å². The van der Waals surface area contributed by atoms with Crippen molar-refractivity contribution in [2.75, 3.05) is 11.9 Å². The Morgan fingerprint density at radius 2 is 1.70 bits per heavy atom. The van der Waals surface area contributed by atoms with Gasteiger partial charge in [0.1, 0.15) is 12.4 Å². The zero-order chi connectivity index (χ0) is 22.6. The van der Waals surface area contributed by atoms with Gasteiger partial charge >= 0.3 is 0 Å². The molecule has 1 aliphatic rings. The number of imidazole rings is 1. The number of hydrogen-bond acceptors (Lipinski definition) is 3. The molecule has 1 aliphatic carbocycles. The third-order valence-electron chi connectivity index (χ3n) is 6.09. The number of aromatic nitrogens is 2. The van der Waals surface area contributed by atoms with Crippen molar-refractivity contribution in [2.24, 2.45) is 0 Å². The summed E-state index contributed by atoms with van der Waals surface area (Å²) in [4.78, 5) is 30.0. The summed E-state index contributed by atoms with van der Waals surface area (Å²) < 4.78 is 1.94. The van der Waals surface area contributed by atoms with Crippen LogP contribution in [-0.4, -0.2) is 27.9 Å². The number of benzene rings is 3. The minimum absolute atomic E-state index is 0.0920. The molecule has 6 nitrogen and oxygen atoms in total. The molecule has 3 aromatic carbocycles. The number of amides is 2. The van der Waals surface area contributed by atoms with Crippen molar-refractivity contribution in [3.8, 4) is 0 Å². The van der Waals surface area contributed by atoms with Gasteiger partial charge in [0.15, 0.2) is 0 Å². The van der Waals surface area contributed by atoms with Crippen LogP contribution in [0.5, 0.6) is 0 Å². The van der Waals surface area contributed by atoms with Crippen LogP contribution in [0.4, 0.5) is 5.69 Å². The van der Waals surface area contributed by atoms with Crippen LogP contribution >= 0.6 is 0 Å². The van der Waals surface area contributed by atoms with Gasteiger partial charge in [-0.3, -0.25) is 9.59 Å². The average molecular weight is 439 g/mol. The summed E-state index contributed by atoms with van der Waals surface area (Å²) in [5.41, 5.74) is 5.92. The average Bonchev–Trinajstić information content (AvgIpc) is 3.44. The second kappa shape index (κ2) is 9.28. The van der Waals surface area contributed by atoms with E-state index in [1.807, 2.05) is 53.1 Å². The molecular formula is C27H26N4O2. The molecule has 2 N–H and O–H groups in total. The predicted octanol–water partition coefficient (Wildman–Crippen LogP) is 4.14. The lowest BCUT2D eigenvalue weighted by molar-refractivity contribution is -0.116. The third-order valence-corrected chi connectivity index (χ3v) is 6.09. The van der Waals surface area contributed by atoms with E-state index in [1.165, 1.54) is 17.5 Å². The van der Waals surface area contributed by atoms with Gasteiger partial charge in [0.25, 0.3) is 5.91 Å². The van der Waals surface area contributed by atoms with Gasteiger partial charge in [-0.25, -0.2) is 4.98 Å². The van der Waals surface area contributed by atoms with Crippen molar-refractivity contribution in [1.82, 2.24) is 14.9 Å². The van der Waals surface area contributed by atoms with E-state index in [1.54, 1.807) is 12.1 Å². The van der Waals surface area contributed by atoms with Crippen LogP contribution in [0.2, 0.25) is 0 Å². The van der Waals surface area contributed by atoms with Crippen molar-refractivity contribution in [3.05, 3.63) is 95.3 Å². The Balaban J connectivity index is 1.29. The number of carbonyl (C=O) groups is 2. The maximum Gasteiger partial charge on any atom is 0.251 e. The lowest BCUT2D eigenvalue weighted by Gasteiger charge is -2.11. The first-order valence-corrected chi connectivity index (χ1v) is 11.4. The summed E-state index contributed by atoms with van der Waals surface area (Å²) in [6, 6.07) is 23.1. The summed E-state index contributed by atoms with van der Waals surface area (Å²) in [5, 5.41) is 5.98. The summed E-state index contributed by atoms with van der Waals surface area (Å²) in [5.74, 6) is 0.562. The zero-order valence-corrected chi connectivity index (χ0v) is 18.4. The first-order chi connectivity index (χ1) is 16.2. The molecule has 33 heavy (non-hydrogen) atoms. The van der Waals surface area contributed by atoms with Crippen LogP contribution in [-0.2, 0) is 30.6 Å². The van der Waals surface area contributed by atoms with Crippen LogP contribution in [0.1, 0.15) is 33.7 Å². The lowest BCUT2D eigenvalue weighted by atomic mass is 10.1. The van der Waals surface area contributed by atoms with Gasteiger partial charge in [-0.1, -0.05) is 36.4 Å². The molecule has 0 saturated carbocycles. The van der Waals surface area contributed by atoms with Crippen molar-refractivity contribution in [2.45, 2.75) is 32.2 Å². The fraction of sp³-hybridized carbons (Fsp3) is 0.222. The highest BCUT2D eigenvalue weighted by Gasteiger charge is 2.16. The number of nitrogens with zero attached hydrogens (tertiary/aromatic N) is 2. The molecule has 0 radical (unpaired) electrons. The van der Waals surface area contributed by atoms with Gasteiger partial charge in [-0.15, -0.1) is 0 Å². The third kappa shape index (κ3) is 4.65. The maximum atomic E-state index is 12.9. The molecule has 2 amide bonds.